The van der Waals surface area contributed by atoms with Crippen molar-refractivity contribution in [3.05, 3.63) is 0 Å². The second kappa shape index (κ2) is 2.85. The number of nitrogens with two attached hydrogens (primary N) is 1. The number of carbonyl (C=O) groups is 1. The third-order valence-corrected chi connectivity index (χ3v) is 1.50. The Balaban J connectivity index is 2.41. The number of β-amino-alcohol motifs (C(OH)–C–C–N with tert-alkyl or cyclic N) is 1. The lowest BCUT2D eigenvalue weighted by Gasteiger charge is -2.12. The van der Waals surface area contributed by atoms with Crippen LogP contribution in [0.3, 0.4) is 0 Å². The number of hydrazine groups is 1. The first-order valence-corrected chi connectivity index (χ1v) is 3.17. The van der Waals surface area contributed by atoms with Crippen LogP contribution in [0.25, 0.3) is 0 Å². The fourth-order valence-corrected chi connectivity index (χ4v) is 0.930. The van der Waals surface area contributed by atoms with Gasteiger partial charge in [0.05, 0.1) is 13.2 Å². The molecule has 0 atom stereocenters. The van der Waals surface area contributed by atoms with Gasteiger partial charge in [-0.2, -0.15) is 0 Å². The summed E-state index contributed by atoms with van der Waals surface area (Å²) in [6.07, 6.45) is 0. The van der Waals surface area contributed by atoms with Crippen LogP contribution in [0, 0.1) is 0 Å². The van der Waals surface area contributed by atoms with Crippen LogP contribution in [-0.4, -0.2) is 47.3 Å². The van der Waals surface area contributed by atoms with Crippen molar-refractivity contribution in [2.45, 2.75) is 0 Å². The van der Waals surface area contributed by atoms with E-state index in [0.29, 0.717) is 19.6 Å². The monoisotopic (exact) mass is 145 g/mol. The van der Waals surface area contributed by atoms with E-state index in [-0.39, 0.29) is 12.6 Å². The third kappa shape index (κ3) is 1.19. The fraction of sp³-hybridized carbons (Fsp3) is 0.800. The van der Waals surface area contributed by atoms with Gasteiger partial charge in [-0.15, -0.1) is 0 Å². The Morgan fingerprint density at radius 1 is 1.60 bits per heavy atom. The lowest BCUT2D eigenvalue weighted by molar-refractivity contribution is 0.179. The molecule has 3 N–H and O–H groups in total. The SMILES string of the molecule is NN1CCN(CCO)C1=O. The predicted molar refractivity (Wildman–Crippen MR) is 34.9 cm³/mol. The van der Waals surface area contributed by atoms with E-state index in [0.717, 1.165) is 5.01 Å². The predicted octanol–water partition coefficient (Wildman–Crippen LogP) is -1.41. The van der Waals surface area contributed by atoms with Crippen LogP contribution in [-0.2, 0) is 0 Å². The van der Waals surface area contributed by atoms with Crippen LogP contribution in [0.5, 0.6) is 0 Å². The molecule has 0 aliphatic carbocycles. The molecule has 0 aromatic carbocycles. The molecule has 1 aliphatic rings. The van der Waals surface area contributed by atoms with Crippen LogP contribution in [0.1, 0.15) is 0 Å². The Kier molecular flexibility index (Phi) is 2.08. The van der Waals surface area contributed by atoms with Gasteiger partial charge in [0.1, 0.15) is 0 Å². The number of hydrogen-bond acceptors (Lipinski definition) is 3. The lowest BCUT2D eigenvalue weighted by Crippen LogP contribution is -2.37. The number of rotatable bonds is 2. The van der Waals surface area contributed by atoms with Gasteiger partial charge < -0.3 is 10.0 Å². The molecule has 58 valence electrons. The van der Waals surface area contributed by atoms with Gasteiger partial charge in [-0.1, -0.05) is 0 Å². The van der Waals surface area contributed by atoms with Crippen molar-refractivity contribution in [2.75, 3.05) is 26.2 Å². The smallest absolute Gasteiger partial charge is 0.334 e. The first-order valence-electron chi connectivity index (χ1n) is 3.17. The number of urea groups is 1. The number of carbonyl (C=O) groups excluding carboxylic acids is 1. The van der Waals surface area contributed by atoms with Gasteiger partial charge >= 0.3 is 6.03 Å². The van der Waals surface area contributed by atoms with Crippen molar-refractivity contribution in [2.24, 2.45) is 5.84 Å². The van der Waals surface area contributed by atoms with E-state index in [9.17, 15) is 4.79 Å². The van der Waals surface area contributed by atoms with Crippen LogP contribution >= 0.6 is 0 Å². The molecular weight excluding hydrogens is 134 g/mol. The highest BCUT2D eigenvalue weighted by Gasteiger charge is 2.24. The average Bonchev–Trinajstić information content (AvgIpc) is 2.20. The van der Waals surface area contributed by atoms with E-state index in [1.165, 1.54) is 4.90 Å². The summed E-state index contributed by atoms with van der Waals surface area (Å²) in [7, 11) is 0. The summed E-state index contributed by atoms with van der Waals surface area (Å²) in [5.41, 5.74) is 0. The topological polar surface area (TPSA) is 69.8 Å². The minimum absolute atomic E-state index is 0.000417. The maximum atomic E-state index is 10.9. The zero-order valence-electron chi connectivity index (χ0n) is 5.66. The molecule has 10 heavy (non-hydrogen) atoms. The molecule has 1 rings (SSSR count). The first-order chi connectivity index (χ1) is 4.75. The number of aliphatic hydroxyl groups excluding tert-OH is 1. The van der Waals surface area contributed by atoms with E-state index >= 15 is 0 Å². The molecule has 0 saturated carbocycles. The summed E-state index contributed by atoms with van der Waals surface area (Å²) < 4.78 is 0. The number of hydrogen-bond donors (Lipinski definition) is 2. The van der Waals surface area contributed by atoms with E-state index in [4.69, 9.17) is 10.9 Å². The summed E-state index contributed by atoms with van der Waals surface area (Å²) in [5, 5.41) is 9.63. The Morgan fingerprint density at radius 2 is 2.30 bits per heavy atom. The molecule has 0 aromatic heterocycles. The van der Waals surface area contributed by atoms with E-state index in [2.05, 4.69) is 0 Å². The Labute approximate surface area is 59.0 Å². The molecular formula is C5H11N3O2. The van der Waals surface area contributed by atoms with Crippen molar-refractivity contribution >= 4 is 6.03 Å². The fourth-order valence-electron chi connectivity index (χ4n) is 0.930. The number of aliphatic hydroxyl groups is 1. The molecule has 0 unspecified atom stereocenters. The summed E-state index contributed by atoms with van der Waals surface area (Å²) >= 11 is 0. The maximum absolute atomic E-state index is 10.9. The van der Waals surface area contributed by atoms with Crippen LogP contribution < -0.4 is 5.84 Å². The molecule has 0 bridgehead atoms. The minimum atomic E-state index is -0.200. The molecule has 0 radical (unpaired) electrons. The molecule has 1 heterocycles. The Hall–Kier alpha value is -0.810. The van der Waals surface area contributed by atoms with E-state index in [1.54, 1.807) is 0 Å². The molecule has 0 aromatic rings. The summed E-state index contributed by atoms with van der Waals surface area (Å²) in [6.45, 7) is 1.56. The van der Waals surface area contributed by atoms with Gasteiger partial charge in [0.25, 0.3) is 0 Å². The van der Waals surface area contributed by atoms with Crippen molar-refractivity contribution in [1.82, 2.24) is 9.91 Å². The maximum Gasteiger partial charge on any atom is 0.334 e. The molecule has 1 aliphatic heterocycles. The zero-order chi connectivity index (χ0) is 7.56. The van der Waals surface area contributed by atoms with Crippen molar-refractivity contribution in [3.63, 3.8) is 0 Å². The molecule has 1 fully saturated rings. The van der Waals surface area contributed by atoms with Gasteiger partial charge in [0, 0.05) is 13.1 Å². The molecule has 1 saturated heterocycles. The van der Waals surface area contributed by atoms with Gasteiger partial charge in [-0.05, 0) is 0 Å². The zero-order valence-corrected chi connectivity index (χ0v) is 5.66. The minimum Gasteiger partial charge on any atom is -0.395 e. The highest BCUT2D eigenvalue weighted by Crippen LogP contribution is 2.01. The van der Waals surface area contributed by atoms with Crippen LogP contribution in [0.2, 0.25) is 0 Å². The van der Waals surface area contributed by atoms with Gasteiger partial charge in [-0.3, -0.25) is 5.01 Å². The summed E-state index contributed by atoms with van der Waals surface area (Å²) in [4.78, 5) is 12.4. The highest BCUT2D eigenvalue weighted by molar-refractivity contribution is 5.75. The lowest BCUT2D eigenvalue weighted by atomic mass is 10.5. The molecule has 5 nitrogen and oxygen atoms in total. The van der Waals surface area contributed by atoms with Gasteiger partial charge in [0.15, 0.2) is 0 Å². The quantitative estimate of drug-likeness (QED) is 0.370. The van der Waals surface area contributed by atoms with Crippen molar-refractivity contribution in [3.8, 4) is 0 Å². The van der Waals surface area contributed by atoms with Crippen molar-refractivity contribution in [1.29, 1.82) is 0 Å². The molecule has 5 heteroatoms. The standard InChI is InChI=1S/C5H11N3O2/c6-8-2-1-7(3-4-9)5(8)10/h9H,1-4,6H2. The van der Waals surface area contributed by atoms with Crippen LogP contribution in [0.15, 0.2) is 0 Å². The second-order valence-corrected chi connectivity index (χ2v) is 2.19. The van der Waals surface area contributed by atoms with Crippen molar-refractivity contribution < 1.29 is 9.90 Å². The third-order valence-electron chi connectivity index (χ3n) is 1.50. The molecule has 2 amide bonds. The van der Waals surface area contributed by atoms with Gasteiger partial charge in [-0.25, -0.2) is 10.6 Å². The molecule has 0 spiro atoms. The Bertz CT molecular complexity index is 137. The van der Waals surface area contributed by atoms with Gasteiger partial charge in [0.2, 0.25) is 0 Å². The van der Waals surface area contributed by atoms with Crippen LogP contribution in [0.4, 0.5) is 4.79 Å². The Morgan fingerprint density at radius 3 is 2.70 bits per heavy atom. The summed E-state index contributed by atoms with van der Waals surface area (Å²) in [5.74, 6) is 5.26. The van der Waals surface area contributed by atoms with E-state index < -0.39 is 0 Å². The second-order valence-electron chi connectivity index (χ2n) is 2.19. The number of amides is 2. The van der Waals surface area contributed by atoms with E-state index in [1.807, 2.05) is 0 Å². The highest BCUT2D eigenvalue weighted by atomic mass is 16.3. The average molecular weight is 145 g/mol. The normalized spacial score (nSPS) is 18.8. The summed E-state index contributed by atoms with van der Waals surface area (Å²) in [6, 6.07) is -0.200. The number of nitrogens with zero attached hydrogens (tertiary/aromatic N) is 2. The first kappa shape index (κ1) is 7.30. The largest absolute Gasteiger partial charge is 0.395 e.